The number of piperidine rings is 1. The van der Waals surface area contributed by atoms with E-state index in [-0.39, 0.29) is 41.8 Å². The predicted molar refractivity (Wildman–Crippen MR) is 117 cm³/mol. The highest BCUT2D eigenvalue weighted by Gasteiger charge is 2.35. The van der Waals surface area contributed by atoms with Crippen molar-refractivity contribution in [3.05, 3.63) is 52.9 Å². The standard InChI is InChI=1S/C23H24F5N5O3/c1-13-9-19(23(26,27)28)30-33(13)12-20(34)32-7-5-14(6-8-32)11-29-22(35)17-10-18(36-31-17)21-15(24)3-2-4-16(21)25/h2-4,9,14,18H,5-8,10-12H2,1H3,(H,29,35). The normalized spacial score (nSPS) is 18.7. The van der Waals surface area contributed by atoms with Crippen LogP contribution in [0.5, 0.6) is 0 Å². The van der Waals surface area contributed by atoms with Crippen LogP contribution in [0.15, 0.2) is 29.4 Å². The minimum atomic E-state index is -4.58. The van der Waals surface area contributed by atoms with Gasteiger partial charge in [0.25, 0.3) is 5.91 Å². The molecule has 2 amide bonds. The molecule has 1 atom stereocenters. The number of rotatable bonds is 6. The van der Waals surface area contributed by atoms with Crippen LogP contribution in [0, 0.1) is 24.5 Å². The number of hydrogen-bond acceptors (Lipinski definition) is 5. The van der Waals surface area contributed by atoms with Crippen molar-refractivity contribution >= 4 is 17.5 Å². The highest BCUT2D eigenvalue weighted by atomic mass is 19.4. The summed E-state index contributed by atoms with van der Waals surface area (Å²) in [6, 6.07) is 4.34. The molecule has 1 unspecified atom stereocenters. The van der Waals surface area contributed by atoms with E-state index in [1.807, 2.05) is 0 Å². The number of hydrogen-bond donors (Lipinski definition) is 1. The van der Waals surface area contributed by atoms with Gasteiger partial charge in [0.2, 0.25) is 5.91 Å². The Morgan fingerprint density at radius 1 is 1.17 bits per heavy atom. The number of benzene rings is 1. The van der Waals surface area contributed by atoms with Crippen molar-refractivity contribution in [2.24, 2.45) is 11.1 Å². The lowest BCUT2D eigenvalue weighted by Gasteiger charge is -2.32. The van der Waals surface area contributed by atoms with Crippen LogP contribution in [-0.2, 0) is 27.1 Å². The second kappa shape index (κ2) is 10.2. The van der Waals surface area contributed by atoms with Crippen molar-refractivity contribution in [2.75, 3.05) is 19.6 Å². The zero-order valence-electron chi connectivity index (χ0n) is 19.3. The Morgan fingerprint density at radius 2 is 1.83 bits per heavy atom. The molecule has 3 heterocycles. The number of amides is 2. The maximum Gasteiger partial charge on any atom is 0.435 e. The van der Waals surface area contributed by atoms with E-state index < -0.39 is 35.5 Å². The van der Waals surface area contributed by atoms with E-state index in [1.54, 1.807) is 4.90 Å². The molecule has 1 N–H and O–H groups in total. The molecule has 1 fully saturated rings. The van der Waals surface area contributed by atoms with Crippen LogP contribution in [0.4, 0.5) is 22.0 Å². The first kappa shape index (κ1) is 25.6. The number of aromatic nitrogens is 2. The summed E-state index contributed by atoms with van der Waals surface area (Å²) < 4.78 is 67.4. The van der Waals surface area contributed by atoms with Crippen molar-refractivity contribution in [1.29, 1.82) is 0 Å². The first-order valence-electron chi connectivity index (χ1n) is 11.4. The Labute approximate surface area is 203 Å². The van der Waals surface area contributed by atoms with Crippen molar-refractivity contribution in [3.63, 3.8) is 0 Å². The lowest BCUT2D eigenvalue weighted by atomic mass is 9.96. The molecular formula is C23H24F5N5O3. The van der Waals surface area contributed by atoms with Crippen molar-refractivity contribution < 1.29 is 36.4 Å². The molecule has 36 heavy (non-hydrogen) atoms. The van der Waals surface area contributed by atoms with Gasteiger partial charge in [0.05, 0.1) is 5.56 Å². The first-order valence-corrected chi connectivity index (χ1v) is 11.4. The van der Waals surface area contributed by atoms with E-state index in [2.05, 4.69) is 15.6 Å². The number of nitrogens with zero attached hydrogens (tertiary/aromatic N) is 4. The predicted octanol–water partition coefficient (Wildman–Crippen LogP) is 3.36. The van der Waals surface area contributed by atoms with Gasteiger partial charge in [-0.05, 0) is 43.9 Å². The fourth-order valence-electron chi connectivity index (χ4n) is 4.25. The molecule has 4 rings (SSSR count). The van der Waals surface area contributed by atoms with Gasteiger partial charge in [-0.15, -0.1) is 0 Å². The van der Waals surface area contributed by atoms with Gasteiger partial charge in [-0.25, -0.2) is 8.78 Å². The minimum Gasteiger partial charge on any atom is -0.387 e. The summed E-state index contributed by atoms with van der Waals surface area (Å²) >= 11 is 0. The van der Waals surface area contributed by atoms with Gasteiger partial charge in [0, 0.05) is 31.7 Å². The second-order valence-corrected chi connectivity index (χ2v) is 8.83. The lowest BCUT2D eigenvalue weighted by molar-refractivity contribution is -0.142. The fourth-order valence-corrected chi connectivity index (χ4v) is 4.25. The Bertz CT molecular complexity index is 1150. The van der Waals surface area contributed by atoms with Crippen LogP contribution in [0.25, 0.3) is 0 Å². The lowest BCUT2D eigenvalue weighted by Crippen LogP contribution is -2.43. The summed E-state index contributed by atoms with van der Waals surface area (Å²) in [6.45, 7) is 2.27. The third kappa shape index (κ3) is 5.65. The minimum absolute atomic E-state index is 0.0306. The topological polar surface area (TPSA) is 88.8 Å². The summed E-state index contributed by atoms with van der Waals surface area (Å²) in [7, 11) is 0. The SMILES string of the molecule is Cc1cc(C(F)(F)F)nn1CC(=O)N1CCC(CNC(=O)C2=NOC(c3c(F)cccc3F)C2)CC1. The zero-order chi connectivity index (χ0) is 26.0. The van der Waals surface area contributed by atoms with Crippen molar-refractivity contribution in [2.45, 2.75) is 45.0 Å². The van der Waals surface area contributed by atoms with Gasteiger partial charge in [-0.2, -0.15) is 18.3 Å². The van der Waals surface area contributed by atoms with Crippen LogP contribution in [0.2, 0.25) is 0 Å². The van der Waals surface area contributed by atoms with Crippen LogP contribution >= 0.6 is 0 Å². The fraction of sp³-hybridized carbons (Fsp3) is 0.478. The van der Waals surface area contributed by atoms with E-state index in [4.69, 9.17) is 4.84 Å². The number of oxime groups is 1. The molecule has 2 aliphatic rings. The molecular weight excluding hydrogens is 489 g/mol. The molecule has 0 radical (unpaired) electrons. The molecule has 0 aliphatic carbocycles. The number of likely N-dealkylation sites (tertiary alicyclic amines) is 1. The molecule has 1 saturated heterocycles. The van der Waals surface area contributed by atoms with Crippen LogP contribution in [0.1, 0.15) is 42.3 Å². The van der Waals surface area contributed by atoms with Gasteiger partial charge >= 0.3 is 6.18 Å². The maximum atomic E-state index is 14.0. The summed E-state index contributed by atoms with van der Waals surface area (Å²) in [5, 5.41) is 9.91. The van der Waals surface area contributed by atoms with E-state index in [1.165, 1.54) is 13.0 Å². The van der Waals surface area contributed by atoms with Crippen LogP contribution in [-0.4, -0.2) is 51.8 Å². The molecule has 2 aromatic rings. The molecule has 1 aromatic heterocycles. The molecule has 2 aliphatic heterocycles. The van der Waals surface area contributed by atoms with Crippen LogP contribution in [0.3, 0.4) is 0 Å². The molecule has 0 spiro atoms. The van der Waals surface area contributed by atoms with Crippen molar-refractivity contribution in [1.82, 2.24) is 20.0 Å². The number of halogens is 5. The number of nitrogens with one attached hydrogen (secondary N) is 1. The zero-order valence-corrected chi connectivity index (χ0v) is 19.3. The molecule has 0 saturated carbocycles. The average molecular weight is 513 g/mol. The van der Waals surface area contributed by atoms with E-state index in [0.29, 0.717) is 32.5 Å². The third-order valence-corrected chi connectivity index (χ3v) is 6.33. The Hall–Kier alpha value is -3.51. The molecule has 13 heteroatoms. The monoisotopic (exact) mass is 513 g/mol. The van der Waals surface area contributed by atoms with E-state index in [9.17, 15) is 31.5 Å². The second-order valence-electron chi connectivity index (χ2n) is 8.83. The van der Waals surface area contributed by atoms with Gasteiger partial charge in [0.1, 0.15) is 23.9 Å². The molecule has 1 aromatic carbocycles. The van der Waals surface area contributed by atoms with Gasteiger partial charge in [0.15, 0.2) is 11.8 Å². The first-order chi connectivity index (χ1) is 17.0. The molecule has 8 nitrogen and oxygen atoms in total. The number of aryl methyl sites for hydroxylation is 1. The Balaban J connectivity index is 1.22. The largest absolute Gasteiger partial charge is 0.435 e. The summed E-state index contributed by atoms with van der Waals surface area (Å²) in [4.78, 5) is 31.6. The maximum absolute atomic E-state index is 14.0. The van der Waals surface area contributed by atoms with Crippen LogP contribution < -0.4 is 5.32 Å². The summed E-state index contributed by atoms with van der Waals surface area (Å²) in [6.07, 6.45) is -4.49. The number of carbonyl (C=O) groups is 2. The summed E-state index contributed by atoms with van der Waals surface area (Å²) in [5.74, 6) is -2.31. The Morgan fingerprint density at radius 3 is 2.44 bits per heavy atom. The average Bonchev–Trinajstić information content (AvgIpc) is 3.45. The smallest absolute Gasteiger partial charge is 0.387 e. The molecule has 194 valence electrons. The van der Waals surface area contributed by atoms with Crippen molar-refractivity contribution in [3.8, 4) is 0 Å². The molecule has 0 bridgehead atoms. The quantitative estimate of drug-likeness (QED) is 0.600. The number of carbonyl (C=O) groups excluding carboxylic acids is 2. The third-order valence-electron chi connectivity index (χ3n) is 6.33. The van der Waals surface area contributed by atoms with Gasteiger partial charge in [-0.3, -0.25) is 14.3 Å². The van der Waals surface area contributed by atoms with E-state index >= 15 is 0 Å². The number of alkyl halides is 3. The summed E-state index contributed by atoms with van der Waals surface area (Å²) in [5.41, 5.74) is -1.04. The van der Waals surface area contributed by atoms with Gasteiger partial charge in [-0.1, -0.05) is 11.2 Å². The highest BCUT2D eigenvalue weighted by molar-refractivity contribution is 6.39. The van der Waals surface area contributed by atoms with Gasteiger partial charge < -0.3 is 15.1 Å². The Kier molecular flexibility index (Phi) is 7.27. The highest BCUT2D eigenvalue weighted by Crippen LogP contribution is 2.31. The van der Waals surface area contributed by atoms with E-state index in [0.717, 1.165) is 22.9 Å².